The van der Waals surface area contributed by atoms with E-state index in [2.05, 4.69) is 21.5 Å². The first kappa shape index (κ1) is 10.1. The molecule has 0 aromatic rings. The van der Waals surface area contributed by atoms with Gasteiger partial charge in [0.05, 0.1) is 0 Å². The minimum absolute atomic E-state index is 0.825. The number of esters is 1. The standard InChI is InChI=1S/C4H7NO5S/c1-2-4(6)9-3-11(7,8)10-5/h2H,1,3,5H2. The molecule has 0 aliphatic heterocycles. The van der Waals surface area contributed by atoms with Crippen molar-refractivity contribution in [3.8, 4) is 0 Å². The maximum Gasteiger partial charge on any atom is 0.331 e. The molecule has 0 radical (unpaired) electrons. The van der Waals surface area contributed by atoms with Gasteiger partial charge in [-0.05, 0) is 0 Å². The molecule has 0 unspecified atom stereocenters. The van der Waals surface area contributed by atoms with Gasteiger partial charge in [0.2, 0.25) is 5.94 Å². The van der Waals surface area contributed by atoms with Gasteiger partial charge in [-0.15, -0.1) is 0 Å². The second-order valence-electron chi connectivity index (χ2n) is 1.44. The predicted octanol–water partition coefficient (Wildman–Crippen LogP) is -1.11. The van der Waals surface area contributed by atoms with Crippen LogP contribution in [0.25, 0.3) is 0 Å². The summed E-state index contributed by atoms with van der Waals surface area (Å²) in [4.78, 5) is 10.3. The van der Waals surface area contributed by atoms with Crippen molar-refractivity contribution in [3.05, 3.63) is 12.7 Å². The summed E-state index contributed by atoms with van der Waals surface area (Å²) >= 11 is 0. The highest BCUT2D eigenvalue weighted by atomic mass is 32.2. The Kier molecular flexibility index (Phi) is 3.72. The molecule has 0 amide bonds. The molecular weight excluding hydrogens is 174 g/mol. The van der Waals surface area contributed by atoms with Crippen LogP contribution in [0.1, 0.15) is 0 Å². The van der Waals surface area contributed by atoms with E-state index in [1.165, 1.54) is 0 Å². The molecule has 11 heavy (non-hydrogen) atoms. The third-order valence-corrected chi connectivity index (χ3v) is 1.36. The molecule has 0 aliphatic carbocycles. The number of ether oxygens (including phenoxy) is 1. The molecule has 0 saturated heterocycles. The van der Waals surface area contributed by atoms with E-state index < -0.39 is 22.0 Å². The summed E-state index contributed by atoms with van der Waals surface area (Å²) in [6.07, 6.45) is 0.825. The predicted molar refractivity (Wildman–Crippen MR) is 35.3 cm³/mol. The summed E-state index contributed by atoms with van der Waals surface area (Å²) in [5, 5.41) is 0. The van der Waals surface area contributed by atoms with Gasteiger partial charge in [0, 0.05) is 6.08 Å². The average Bonchev–Trinajstić information content (AvgIpc) is 2.00. The van der Waals surface area contributed by atoms with Crippen molar-refractivity contribution in [1.82, 2.24) is 0 Å². The zero-order valence-corrected chi connectivity index (χ0v) is 6.33. The maximum atomic E-state index is 10.4. The summed E-state index contributed by atoms with van der Waals surface area (Å²) in [5.74, 6) is 2.56. The lowest BCUT2D eigenvalue weighted by Crippen LogP contribution is -2.18. The Morgan fingerprint density at radius 2 is 2.18 bits per heavy atom. The van der Waals surface area contributed by atoms with Crippen LogP contribution in [-0.2, 0) is 23.9 Å². The molecule has 7 heteroatoms. The van der Waals surface area contributed by atoms with Crippen molar-refractivity contribution in [1.29, 1.82) is 0 Å². The van der Waals surface area contributed by atoms with Crippen molar-refractivity contribution in [2.45, 2.75) is 0 Å². The Balaban J connectivity index is 3.90. The summed E-state index contributed by atoms with van der Waals surface area (Å²) < 4.78 is 28.3. The summed E-state index contributed by atoms with van der Waals surface area (Å²) in [6.45, 7) is 3.05. The molecule has 0 spiro atoms. The van der Waals surface area contributed by atoms with Crippen molar-refractivity contribution in [3.63, 3.8) is 0 Å². The Morgan fingerprint density at radius 1 is 1.64 bits per heavy atom. The van der Waals surface area contributed by atoms with Crippen LogP contribution in [0.15, 0.2) is 12.7 Å². The monoisotopic (exact) mass is 181 g/mol. The molecule has 0 aromatic heterocycles. The lowest BCUT2D eigenvalue weighted by Gasteiger charge is -1.99. The van der Waals surface area contributed by atoms with Gasteiger partial charge >= 0.3 is 16.1 Å². The zero-order valence-electron chi connectivity index (χ0n) is 5.52. The number of hydrogen-bond acceptors (Lipinski definition) is 6. The van der Waals surface area contributed by atoms with E-state index >= 15 is 0 Å². The van der Waals surface area contributed by atoms with Crippen molar-refractivity contribution >= 4 is 16.1 Å². The summed E-state index contributed by atoms with van der Waals surface area (Å²) in [5.41, 5.74) is 0. The molecule has 0 bridgehead atoms. The van der Waals surface area contributed by atoms with Crippen LogP contribution in [0, 0.1) is 0 Å². The number of carbonyl (C=O) groups excluding carboxylic acids is 1. The van der Waals surface area contributed by atoms with Crippen LogP contribution in [-0.4, -0.2) is 20.3 Å². The van der Waals surface area contributed by atoms with E-state index in [-0.39, 0.29) is 0 Å². The summed E-state index contributed by atoms with van der Waals surface area (Å²) in [6, 6.07) is 0. The van der Waals surface area contributed by atoms with Crippen molar-refractivity contribution in [2.75, 3.05) is 5.94 Å². The molecule has 0 rings (SSSR count). The van der Waals surface area contributed by atoms with E-state index in [1.54, 1.807) is 0 Å². The lowest BCUT2D eigenvalue weighted by atomic mass is 10.7. The Labute approximate surface area is 63.7 Å². The lowest BCUT2D eigenvalue weighted by molar-refractivity contribution is -0.135. The number of hydrogen-bond donors (Lipinski definition) is 1. The molecule has 0 atom stereocenters. The molecule has 0 fully saturated rings. The van der Waals surface area contributed by atoms with Gasteiger partial charge in [0.1, 0.15) is 0 Å². The van der Waals surface area contributed by atoms with E-state index in [0.717, 1.165) is 6.08 Å². The van der Waals surface area contributed by atoms with E-state index in [1.807, 2.05) is 0 Å². The average molecular weight is 181 g/mol. The van der Waals surface area contributed by atoms with Crippen LogP contribution in [0.3, 0.4) is 0 Å². The maximum absolute atomic E-state index is 10.4. The van der Waals surface area contributed by atoms with Gasteiger partial charge in [-0.25, -0.2) is 4.79 Å². The minimum Gasteiger partial charge on any atom is -0.443 e. The first-order valence-electron chi connectivity index (χ1n) is 2.42. The van der Waals surface area contributed by atoms with E-state index in [4.69, 9.17) is 0 Å². The first-order valence-corrected chi connectivity index (χ1v) is 4.00. The fraction of sp³-hybridized carbons (Fsp3) is 0.250. The van der Waals surface area contributed by atoms with Gasteiger partial charge in [-0.2, -0.15) is 18.6 Å². The van der Waals surface area contributed by atoms with Gasteiger partial charge in [0.25, 0.3) is 0 Å². The third kappa shape index (κ3) is 4.48. The van der Waals surface area contributed by atoms with Crippen LogP contribution < -0.4 is 5.90 Å². The molecular formula is C4H7NO5S. The highest BCUT2D eigenvalue weighted by Crippen LogP contribution is 1.89. The first-order chi connectivity index (χ1) is 5.02. The topological polar surface area (TPSA) is 95.7 Å². The smallest absolute Gasteiger partial charge is 0.331 e. The van der Waals surface area contributed by atoms with Crippen LogP contribution in [0.2, 0.25) is 0 Å². The van der Waals surface area contributed by atoms with Crippen molar-refractivity contribution < 1.29 is 22.2 Å². The highest BCUT2D eigenvalue weighted by Gasteiger charge is 2.11. The van der Waals surface area contributed by atoms with Crippen LogP contribution in [0.4, 0.5) is 0 Å². The quantitative estimate of drug-likeness (QED) is 0.336. The minimum atomic E-state index is -3.94. The van der Waals surface area contributed by atoms with Crippen molar-refractivity contribution in [2.24, 2.45) is 5.90 Å². The van der Waals surface area contributed by atoms with Crippen LogP contribution >= 0.6 is 0 Å². The van der Waals surface area contributed by atoms with Crippen LogP contribution in [0.5, 0.6) is 0 Å². The van der Waals surface area contributed by atoms with Gasteiger partial charge in [-0.3, -0.25) is 0 Å². The SMILES string of the molecule is C=CC(=O)OCS(=O)(=O)ON. The fourth-order valence-electron chi connectivity index (χ4n) is 0.217. The zero-order chi connectivity index (χ0) is 8.91. The van der Waals surface area contributed by atoms with Gasteiger partial charge < -0.3 is 4.74 Å². The molecule has 0 heterocycles. The second-order valence-corrected chi connectivity index (χ2v) is 2.98. The number of carbonyl (C=O) groups is 1. The molecule has 0 saturated carbocycles. The van der Waals surface area contributed by atoms with E-state index in [0.29, 0.717) is 0 Å². The Hall–Kier alpha value is -0.920. The third-order valence-electron chi connectivity index (χ3n) is 0.659. The Morgan fingerprint density at radius 3 is 2.55 bits per heavy atom. The number of rotatable bonds is 4. The molecule has 0 aromatic carbocycles. The second kappa shape index (κ2) is 4.06. The van der Waals surface area contributed by atoms with E-state index in [9.17, 15) is 13.2 Å². The molecule has 6 nitrogen and oxygen atoms in total. The van der Waals surface area contributed by atoms with Gasteiger partial charge in [-0.1, -0.05) is 6.58 Å². The fourth-order valence-corrected chi connectivity index (χ4v) is 0.533. The molecule has 64 valence electrons. The summed E-state index contributed by atoms with van der Waals surface area (Å²) in [7, 11) is -3.94. The van der Waals surface area contributed by atoms with Gasteiger partial charge in [0.15, 0.2) is 0 Å². The highest BCUT2D eigenvalue weighted by molar-refractivity contribution is 7.86. The Bertz CT molecular complexity index is 243. The number of nitrogens with two attached hydrogens (primary N) is 1. The normalized spacial score (nSPS) is 10.6. The molecule has 0 aliphatic rings. The molecule has 2 N–H and O–H groups in total. The largest absolute Gasteiger partial charge is 0.443 e.